The van der Waals surface area contributed by atoms with E-state index in [0.29, 0.717) is 0 Å². The van der Waals surface area contributed by atoms with Crippen LogP contribution in [0.1, 0.15) is 12.5 Å². The Morgan fingerprint density at radius 1 is 1.16 bits per heavy atom. The molecule has 0 spiro atoms. The molecular weight excluding hydrogens is 347 g/mol. The maximum Gasteiger partial charge on any atom is 0.258 e. The molecule has 0 saturated heterocycles. The first-order chi connectivity index (χ1) is 12.0. The zero-order valence-corrected chi connectivity index (χ0v) is 14.4. The van der Waals surface area contributed by atoms with E-state index >= 15 is 0 Å². The van der Waals surface area contributed by atoms with Crippen LogP contribution in [0.25, 0.3) is 0 Å². The summed E-state index contributed by atoms with van der Waals surface area (Å²) >= 11 is 5.80. The van der Waals surface area contributed by atoms with E-state index in [1.54, 1.807) is 6.07 Å². The zero-order valence-electron chi connectivity index (χ0n) is 13.6. The monoisotopic (exact) mass is 364 g/mol. The number of carbonyl (C=O) groups excluding carboxylic acids is 2. The molecule has 5 nitrogen and oxygen atoms in total. The molecule has 2 aromatic rings. The number of amides is 2. The van der Waals surface area contributed by atoms with E-state index in [-0.39, 0.29) is 29.8 Å². The first-order valence-corrected chi connectivity index (χ1v) is 8.09. The van der Waals surface area contributed by atoms with Crippen LogP contribution in [0.5, 0.6) is 5.75 Å². The second kappa shape index (κ2) is 9.03. The van der Waals surface area contributed by atoms with Gasteiger partial charge >= 0.3 is 0 Å². The molecule has 0 fully saturated rings. The Bertz CT molecular complexity index is 768. The van der Waals surface area contributed by atoms with Crippen LogP contribution in [0.15, 0.2) is 42.5 Å². The zero-order chi connectivity index (χ0) is 18.2. The Morgan fingerprint density at radius 3 is 2.64 bits per heavy atom. The minimum absolute atomic E-state index is 0.0710. The molecule has 0 aromatic heterocycles. The molecule has 0 aliphatic rings. The summed E-state index contributed by atoms with van der Waals surface area (Å²) in [6.45, 7) is 1.48. The molecule has 0 aliphatic heterocycles. The summed E-state index contributed by atoms with van der Waals surface area (Å²) in [5, 5.41) is 5.27. The van der Waals surface area contributed by atoms with Gasteiger partial charge in [-0.15, -0.1) is 0 Å². The molecular formula is C18H18ClFN2O3. The fourth-order valence-electron chi connectivity index (χ4n) is 2.11. The molecule has 0 bridgehead atoms. The molecule has 2 rings (SSSR count). The lowest BCUT2D eigenvalue weighted by molar-refractivity contribution is -0.125. The van der Waals surface area contributed by atoms with Crippen LogP contribution in [0.3, 0.4) is 0 Å². The van der Waals surface area contributed by atoms with Crippen molar-refractivity contribution in [3.8, 4) is 5.75 Å². The minimum atomic E-state index is -0.495. The summed E-state index contributed by atoms with van der Waals surface area (Å²) in [6.07, 6.45) is 0.787. The van der Waals surface area contributed by atoms with Crippen LogP contribution in [0.4, 0.5) is 10.1 Å². The van der Waals surface area contributed by atoms with Gasteiger partial charge < -0.3 is 15.4 Å². The second-order valence-electron chi connectivity index (χ2n) is 5.20. The van der Waals surface area contributed by atoms with Gasteiger partial charge in [0.15, 0.2) is 6.61 Å². The Balaban J connectivity index is 1.78. The van der Waals surface area contributed by atoms with Crippen molar-refractivity contribution in [2.24, 2.45) is 0 Å². The largest absolute Gasteiger partial charge is 0.482 e. The van der Waals surface area contributed by atoms with Crippen LogP contribution in [0, 0.1) is 5.82 Å². The molecule has 0 saturated carbocycles. The lowest BCUT2D eigenvalue weighted by Crippen LogP contribution is -2.35. The summed E-state index contributed by atoms with van der Waals surface area (Å²) in [5.41, 5.74) is 1.73. The molecule has 2 N–H and O–H groups in total. The van der Waals surface area contributed by atoms with Crippen LogP contribution >= 0.6 is 11.6 Å². The van der Waals surface area contributed by atoms with Gasteiger partial charge in [-0.1, -0.05) is 36.7 Å². The maximum atomic E-state index is 12.9. The number of benzene rings is 2. The first-order valence-electron chi connectivity index (χ1n) is 7.72. The number of para-hydroxylation sites is 1. The molecule has 7 heteroatoms. The average Bonchev–Trinajstić information content (AvgIpc) is 2.59. The summed E-state index contributed by atoms with van der Waals surface area (Å²) in [4.78, 5) is 23.7. The average molecular weight is 365 g/mol. The van der Waals surface area contributed by atoms with Crippen molar-refractivity contribution >= 4 is 29.1 Å². The van der Waals surface area contributed by atoms with Gasteiger partial charge in [-0.05, 0) is 36.2 Å². The van der Waals surface area contributed by atoms with Crippen molar-refractivity contribution in [3.63, 3.8) is 0 Å². The number of aryl methyl sites for hydroxylation is 1. The van der Waals surface area contributed by atoms with E-state index in [4.69, 9.17) is 16.3 Å². The summed E-state index contributed by atoms with van der Waals surface area (Å²) in [7, 11) is 0. The summed E-state index contributed by atoms with van der Waals surface area (Å²) in [6, 6.07) is 11.1. The van der Waals surface area contributed by atoms with Gasteiger partial charge in [0.2, 0.25) is 5.91 Å². The Labute approximate surface area is 150 Å². The predicted octanol–water partition coefficient (Wildman–Crippen LogP) is 3.18. The van der Waals surface area contributed by atoms with Crippen molar-refractivity contribution in [1.82, 2.24) is 5.32 Å². The standard InChI is InChI=1S/C18H18ClFN2O3/c1-2-12-5-3-4-6-15(12)22-17(23)10-21-18(24)11-25-16-8-7-13(20)9-14(16)19/h3-9H,2,10-11H2,1H3,(H,21,24)(H,22,23). The molecule has 132 valence electrons. The lowest BCUT2D eigenvalue weighted by atomic mass is 10.1. The number of rotatable bonds is 7. The smallest absolute Gasteiger partial charge is 0.258 e. The Hall–Kier alpha value is -2.60. The number of ether oxygens (including phenoxy) is 1. The normalized spacial score (nSPS) is 10.2. The number of carbonyl (C=O) groups is 2. The predicted molar refractivity (Wildman–Crippen MR) is 94.4 cm³/mol. The lowest BCUT2D eigenvalue weighted by Gasteiger charge is -2.11. The van der Waals surface area contributed by atoms with Gasteiger partial charge in [-0.3, -0.25) is 9.59 Å². The number of nitrogens with one attached hydrogen (secondary N) is 2. The number of hydrogen-bond acceptors (Lipinski definition) is 3. The van der Waals surface area contributed by atoms with Gasteiger partial charge in [0.1, 0.15) is 11.6 Å². The highest BCUT2D eigenvalue weighted by molar-refractivity contribution is 6.32. The van der Waals surface area contributed by atoms with E-state index in [9.17, 15) is 14.0 Å². The first kappa shape index (κ1) is 18.7. The van der Waals surface area contributed by atoms with Gasteiger partial charge in [-0.2, -0.15) is 0 Å². The second-order valence-corrected chi connectivity index (χ2v) is 5.61. The number of hydrogen-bond donors (Lipinski definition) is 2. The summed E-state index contributed by atoms with van der Waals surface area (Å²) < 4.78 is 18.1. The fourth-order valence-corrected chi connectivity index (χ4v) is 2.33. The topological polar surface area (TPSA) is 67.4 Å². The Morgan fingerprint density at radius 2 is 1.92 bits per heavy atom. The molecule has 0 aliphatic carbocycles. The quantitative estimate of drug-likeness (QED) is 0.793. The van der Waals surface area contributed by atoms with Crippen LogP contribution in [-0.2, 0) is 16.0 Å². The fraction of sp³-hybridized carbons (Fsp3) is 0.222. The van der Waals surface area contributed by atoms with E-state index in [0.717, 1.165) is 23.7 Å². The number of halogens is 2. The van der Waals surface area contributed by atoms with E-state index in [1.807, 2.05) is 25.1 Å². The van der Waals surface area contributed by atoms with Gasteiger partial charge in [0.05, 0.1) is 11.6 Å². The third-order valence-corrected chi connectivity index (χ3v) is 3.67. The van der Waals surface area contributed by atoms with Crippen LogP contribution < -0.4 is 15.4 Å². The summed E-state index contributed by atoms with van der Waals surface area (Å²) in [5.74, 6) is -1.13. The van der Waals surface area contributed by atoms with Crippen LogP contribution in [0.2, 0.25) is 5.02 Å². The van der Waals surface area contributed by atoms with Gasteiger partial charge in [0, 0.05) is 5.69 Å². The number of anilines is 1. The maximum absolute atomic E-state index is 12.9. The van der Waals surface area contributed by atoms with Crippen LogP contribution in [-0.4, -0.2) is 25.0 Å². The third kappa shape index (κ3) is 5.76. The molecule has 0 heterocycles. The van der Waals surface area contributed by atoms with Crippen molar-refractivity contribution in [3.05, 3.63) is 58.9 Å². The van der Waals surface area contributed by atoms with Gasteiger partial charge in [-0.25, -0.2) is 4.39 Å². The van der Waals surface area contributed by atoms with Crippen molar-refractivity contribution in [2.45, 2.75) is 13.3 Å². The molecule has 0 radical (unpaired) electrons. The van der Waals surface area contributed by atoms with Crippen molar-refractivity contribution in [2.75, 3.05) is 18.5 Å². The molecule has 0 unspecified atom stereocenters. The van der Waals surface area contributed by atoms with E-state index in [1.165, 1.54) is 12.1 Å². The third-order valence-electron chi connectivity index (χ3n) is 3.37. The molecule has 2 amide bonds. The molecule has 2 aromatic carbocycles. The highest BCUT2D eigenvalue weighted by atomic mass is 35.5. The highest BCUT2D eigenvalue weighted by Crippen LogP contribution is 2.24. The minimum Gasteiger partial charge on any atom is -0.482 e. The SMILES string of the molecule is CCc1ccccc1NC(=O)CNC(=O)COc1ccc(F)cc1Cl. The van der Waals surface area contributed by atoms with Crippen molar-refractivity contribution < 1.29 is 18.7 Å². The van der Waals surface area contributed by atoms with Crippen molar-refractivity contribution in [1.29, 1.82) is 0 Å². The Kier molecular flexibility index (Phi) is 6.77. The highest BCUT2D eigenvalue weighted by Gasteiger charge is 2.10. The van der Waals surface area contributed by atoms with E-state index in [2.05, 4.69) is 10.6 Å². The molecule has 25 heavy (non-hydrogen) atoms. The van der Waals surface area contributed by atoms with E-state index < -0.39 is 11.7 Å². The van der Waals surface area contributed by atoms with Gasteiger partial charge in [0.25, 0.3) is 5.91 Å². The molecule has 0 atom stereocenters.